The number of carbonyl (C=O) groups excluding carboxylic acids is 3. The van der Waals surface area contributed by atoms with Crippen LogP contribution in [0.25, 0.3) is 0 Å². The molecule has 1 N–H and O–H groups in total. The number of nitrogens with one attached hydrogen (secondary N) is 1. The van der Waals surface area contributed by atoms with Gasteiger partial charge in [-0.3, -0.25) is 19.3 Å². The fraction of sp³-hybridized carbons (Fsp3) is 0.421. The second-order valence-corrected chi connectivity index (χ2v) is 6.42. The highest BCUT2D eigenvalue weighted by molar-refractivity contribution is 6.10. The van der Waals surface area contributed by atoms with Crippen LogP contribution in [-0.2, 0) is 20.8 Å². The monoisotopic (exact) mass is 326 g/mol. The number of amides is 3. The molecule has 1 aliphatic heterocycles. The minimum absolute atomic E-state index is 0.224. The van der Waals surface area contributed by atoms with Gasteiger partial charge < -0.3 is 5.32 Å². The number of likely N-dealkylation sites (tertiary alicyclic amines) is 1. The van der Waals surface area contributed by atoms with Crippen LogP contribution in [0.5, 0.6) is 0 Å². The molecule has 0 aromatic heterocycles. The fourth-order valence-electron chi connectivity index (χ4n) is 3.40. The summed E-state index contributed by atoms with van der Waals surface area (Å²) in [5, 5.41) is 2.79. The number of hydrogen-bond donors (Lipinski definition) is 1. The van der Waals surface area contributed by atoms with Crippen LogP contribution in [0.4, 0.5) is 5.69 Å². The lowest BCUT2D eigenvalue weighted by Gasteiger charge is -2.22. The lowest BCUT2D eigenvalue weighted by Crippen LogP contribution is -2.46. The second kappa shape index (κ2) is 6.59. The van der Waals surface area contributed by atoms with E-state index in [9.17, 15) is 14.4 Å². The average Bonchev–Trinajstić information content (AvgIpc) is 2.86. The Hall–Kier alpha value is -2.43. The van der Waals surface area contributed by atoms with Crippen molar-refractivity contribution in [3.63, 3.8) is 0 Å². The van der Waals surface area contributed by atoms with Crippen molar-refractivity contribution in [1.82, 2.24) is 4.90 Å². The number of imide groups is 1. The summed E-state index contributed by atoms with van der Waals surface area (Å²) in [6, 6.07) is 6.77. The van der Waals surface area contributed by atoms with Gasteiger partial charge in [0, 0.05) is 5.69 Å². The lowest BCUT2D eigenvalue weighted by molar-refractivity contribution is -0.146. The first-order valence-corrected chi connectivity index (χ1v) is 8.44. The minimum atomic E-state index is -0.804. The van der Waals surface area contributed by atoms with Gasteiger partial charge in [-0.1, -0.05) is 31.2 Å². The van der Waals surface area contributed by atoms with Crippen molar-refractivity contribution in [3.8, 4) is 0 Å². The van der Waals surface area contributed by atoms with E-state index in [0.717, 1.165) is 11.3 Å². The Morgan fingerprint density at radius 1 is 1.12 bits per heavy atom. The summed E-state index contributed by atoms with van der Waals surface area (Å²) in [6.45, 7) is 3.67. The number of aryl methyl sites for hydroxylation is 1. The summed E-state index contributed by atoms with van der Waals surface area (Å²) in [7, 11) is 0. The summed E-state index contributed by atoms with van der Waals surface area (Å²) < 4.78 is 0. The number of allylic oxidation sites excluding steroid dienone is 2. The van der Waals surface area contributed by atoms with Crippen molar-refractivity contribution >= 4 is 23.4 Å². The Balaban J connectivity index is 1.71. The fourth-order valence-corrected chi connectivity index (χ4v) is 3.40. The summed E-state index contributed by atoms with van der Waals surface area (Å²) in [6.07, 6.45) is 5.97. The van der Waals surface area contributed by atoms with Gasteiger partial charge in [0.25, 0.3) is 0 Å². The first-order chi connectivity index (χ1) is 11.5. The van der Waals surface area contributed by atoms with E-state index in [2.05, 4.69) is 12.2 Å². The number of nitrogens with zero attached hydrogens (tertiary/aromatic N) is 1. The molecule has 3 atom stereocenters. The van der Waals surface area contributed by atoms with Gasteiger partial charge in [-0.2, -0.15) is 0 Å². The molecular weight excluding hydrogens is 304 g/mol. The number of rotatable bonds is 4. The van der Waals surface area contributed by atoms with Crippen LogP contribution in [-0.4, -0.2) is 28.7 Å². The molecule has 3 amide bonds. The van der Waals surface area contributed by atoms with E-state index in [-0.39, 0.29) is 29.6 Å². The Bertz CT molecular complexity index is 667. The van der Waals surface area contributed by atoms with E-state index in [1.807, 2.05) is 36.4 Å². The predicted molar refractivity (Wildman–Crippen MR) is 91.1 cm³/mol. The summed E-state index contributed by atoms with van der Waals surface area (Å²) >= 11 is 0. The Labute approximate surface area is 141 Å². The molecule has 1 saturated heterocycles. The van der Waals surface area contributed by atoms with E-state index >= 15 is 0 Å². The smallest absolute Gasteiger partial charge is 0.247 e. The first kappa shape index (κ1) is 16.4. The van der Waals surface area contributed by atoms with Crippen molar-refractivity contribution in [2.45, 2.75) is 39.2 Å². The third kappa shape index (κ3) is 2.86. The normalized spacial score (nSPS) is 24.0. The zero-order valence-corrected chi connectivity index (χ0v) is 14.0. The van der Waals surface area contributed by atoms with Gasteiger partial charge in [0.1, 0.15) is 6.04 Å². The summed E-state index contributed by atoms with van der Waals surface area (Å²) in [4.78, 5) is 38.7. The molecule has 126 valence electrons. The number of fused-ring (bicyclic) bond motifs is 1. The molecule has 1 fully saturated rings. The van der Waals surface area contributed by atoms with Crippen LogP contribution in [0.3, 0.4) is 0 Å². The predicted octanol–water partition coefficient (Wildman–Crippen LogP) is 2.53. The highest BCUT2D eigenvalue weighted by Crippen LogP contribution is 2.36. The SMILES string of the molecule is CCc1ccc(NC(=O)[C@H](C)N2C(=O)C3CC=CCC3C2=O)cc1. The van der Waals surface area contributed by atoms with Gasteiger partial charge in [0.15, 0.2) is 0 Å². The maximum Gasteiger partial charge on any atom is 0.247 e. The van der Waals surface area contributed by atoms with Gasteiger partial charge in [-0.25, -0.2) is 0 Å². The molecule has 1 aromatic rings. The van der Waals surface area contributed by atoms with Crippen LogP contribution in [0.1, 0.15) is 32.3 Å². The third-order valence-electron chi connectivity index (χ3n) is 4.94. The maximum absolute atomic E-state index is 12.5. The number of hydrogen-bond acceptors (Lipinski definition) is 3. The largest absolute Gasteiger partial charge is 0.324 e. The Morgan fingerprint density at radius 2 is 1.67 bits per heavy atom. The van der Waals surface area contributed by atoms with Gasteiger partial charge in [-0.15, -0.1) is 0 Å². The van der Waals surface area contributed by atoms with Crippen molar-refractivity contribution < 1.29 is 14.4 Å². The minimum Gasteiger partial charge on any atom is -0.324 e. The molecule has 1 aliphatic carbocycles. The summed E-state index contributed by atoms with van der Waals surface area (Å²) in [5.74, 6) is -1.40. The highest BCUT2D eigenvalue weighted by Gasteiger charge is 2.50. The van der Waals surface area contributed by atoms with Crippen LogP contribution >= 0.6 is 0 Å². The zero-order valence-electron chi connectivity index (χ0n) is 14.0. The summed E-state index contributed by atoms with van der Waals surface area (Å²) in [5.41, 5.74) is 1.85. The molecule has 0 bridgehead atoms. The van der Waals surface area contributed by atoms with Gasteiger partial charge in [0.05, 0.1) is 11.8 Å². The molecule has 1 heterocycles. The van der Waals surface area contributed by atoms with E-state index < -0.39 is 6.04 Å². The van der Waals surface area contributed by atoms with Gasteiger partial charge >= 0.3 is 0 Å². The molecule has 2 aliphatic rings. The number of anilines is 1. The molecule has 1 aromatic carbocycles. The van der Waals surface area contributed by atoms with E-state index in [4.69, 9.17) is 0 Å². The third-order valence-corrected chi connectivity index (χ3v) is 4.94. The molecule has 24 heavy (non-hydrogen) atoms. The number of benzene rings is 1. The Kier molecular flexibility index (Phi) is 4.51. The average molecular weight is 326 g/mol. The van der Waals surface area contributed by atoms with Gasteiger partial charge in [-0.05, 0) is 43.9 Å². The number of carbonyl (C=O) groups is 3. The van der Waals surface area contributed by atoms with Crippen molar-refractivity contribution in [2.24, 2.45) is 11.8 Å². The van der Waals surface area contributed by atoms with Crippen LogP contribution in [0.2, 0.25) is 0 Å². The van der Waals surface area contributed by atoms with E-state index in [1.54, 1.807) is 6.92 Å². The lowest BCUT2D eigenvalue weighted by atomic mass is 9.85. The molecule has 2 unspecified atom stereocenters. The van der Waals surface area contributed by atoms with Crippen molar-refractivity contribution in [3.05, 3.63) is 42.0 Å². The molecule has 5 heteroatoms. The maximum atomic E-state index is 12.5. The highest BCUT2D eigenvalue weighted by atomic mass is 16.2. The van der Waals surface area contributed by atoms with E-state index in [0.29, 0.717) is 18.5 Å². The van der Waals surface area contributed by atoms with Gasteiger partial charge in [0.2, 0.25) is 17.7 Å². The first-order valence-electron chi connectivity index (χ1n) is 8.44. The molecule has 5 nitrogen and oxygen atoms in total. The molecular formula is C19H22N2O3. The van der Waals surface area contributed by atoms with Crippen molar-refractivity contribution in [2.75, 3.05) is 5.32 Å². The second-order valence-electron chi connectivity index (χ2n) is 6.42. The molecule has 3 rings (SSSR count). The van der Waals surface area contributed by atoms with Crippen molar-refractivity contribution in [1.29, 1.82) is 0 Å². The van der Waals surface area contributed by atoms with Crippen LogP contribution in [0.15, 0.2) is 36.4 Å². The topological polar surface area (TPSA) is 66.5 Å². The quantitative estimate of drug-likeness (QED) is 0.683. The standard InChI is InChI=1S/C19H22N2O3/c1-3-13-8-10-14(11-9-13)20-17(22)12(2)21-18(23)15-6-4-5-7-16(15)19(21)24/h4-5,8-12,15-16H,3,6-7H2,1-2H3,(H,20,22)/t12-,15?,16?/m0/s1. The Morgan fingerprint density at radius 3 is 2.17 bits per heavy atom. The van der Waals surface area contributed by atoms with Crippen LogP contribution in [0, 0.1) is 11.8 Å². The zero-order chi connectivity index (χ0) is 17.3. The molecule has 0 saturated carbocycles. The van der Waals surface area contributed by atoms with Crippen LogP contribution < -0.4 is 5.32 Å². The van der Waals surface area contributed by atoms with E-state index in [1.165, 1.54) is 5.56 Å². The molecule has 0 spiro atoms. The molecule has 0 radical (unpaired) electrons.